The fourth-order valence-corrected chi connectivity index (χ4v) is 3.54. The van der Waals surface area contributed by atoms with Crippen LogP contribution in [0.2, 0.25) is 0 Å². The molecular formula is C15H17FN2. The molecule has 0 aliphatic heterocycles. The van der Waals surface area contributed by atoms with E-state index in [4.69, 9.17) is 5.26 Å². The minimum atomic E-state index is -0.365. The standard InChI is InChI=1S/C15H17FN2/c16-15-12(8-17)2-1-3-13(15)9-18-14-7-10-4-5-11(14)6-10/h1-3,10-11,14,18H,4-7,9H2. The topological polar surface area (TPSA) is 35.8 Å². The van der Waals surface area contributed by atoms with E-state index < -0.39 is 0 Å². The zero-order chi connectivity index (χ0) is 12.5. The molecule has 0 saturated heterocycles. The van der Waals surface area contributed by atoms with Gasteiger partial charge in [0.1, 0.15) is 11.9 Å². The number of benzene rings is 1. The molecule has 3 rings (SSSR count). The van der Waals surface area contributed by atoms with Crippen molar-refractivity contribution in [2.24, 2.45) is 11.8 Å². The summed E-state index contributed by atoms with van der Waals surface area (Å²) in [7, 11) is 0. The molecule has 3 atom stereocenters. The maximum atomic E-state index is 13.9. The van der Waals surface area contributed by atoms with Crippen molar-refractivity contribution in [3.8, 4) is 6.07 Å². The quantitative estimate of drug-likeness (QED) is 0.887. The van der Waals surface area contributed by atoms with Crippen molar-refractivity contribution in [3.05, 3.63) is 35.1 Å². The molecule has 0 amide bonds. The highest BCUT2D eigenvalue weighted by Gasteiger charge is 2.39. The van der Waals surface area contributed by atoms with Crippen molar-refractivity contribution in [3.63, 3.8) is 0 Å². The lowest BCUT2D eigenvalue weighted by atomic mass is 9.95. The van der Waals surface area contributed by atoms with Gasteiger partial charge in [0.15, 0.2) is 0 Å². The molecule has 2 nitrogen and oxygen atoms in total. The van der Waals surface area contributed by atoms with Crippen molar-refractivity contribution < 1.29 is 4.39 Å². The fourth-order valence-electron chi connectivity index (χ4n) is 3.54. The van der Waals surface area contributed by atoms with Crippen LogP contribution in [0, 0.1) is 29.0 Å². The SMILES string of the molecule is N#Cc1cccc(CNC2CC3CCC2C3)c1F. The second kappa shape index (κ2) is 4.70. The third-order valence-corrected chi connectivity index (χ3v) is 4.49. The van der Waals surface area contributed by atoms with E-state index >= 15 is 0 Å². The molecule has 1 N–H and O–H groups in total. The van der Waals surface area contributed by atoms with Gasteiger partial charge in [-0.2, -0.15) is 5.26 Å². The van der Waals surface area contributed by atoms with E-state index in [0.29, 0.717) is 18.2 Å². The third kappa shape index (κ3) is 2.02. The number of nitriles is 1. The van der Waals surface area contributed by atoms with Crippen LogP contribution in [-0.2, 0) is 6.54 Å². The molecule has 2 fully saturated rings. The van der Waals surface area contributed by atoms with Crippen LogP contribution in [0.15, 0.2) is 18.2 Å². The lowest BCUT2D eigenvalue weighted by Gasteiger charge is -2.23. The minimum Gasteiger partial charge on any atom is -0.310 e. The van der Waals surface area contributed by atoms with E-state index in [-0.39, 0.29) is 11.4 Å². The highest BCUT2D eigenvalue weighted by atomic mass is 19.1. The average molecular weight is 244 g/mol. The lowest BCUT2D eigenvalue weighted by molar-refractivity contribution is 0.349. The van der Waals surface area contributed by atoms with Gasteiger partial charge in [-0.05, 0) is 37.2 Å². The van der Waals surface area contributed by atoms with Gasteiger partial charge < -0.3 is 5.32 Å². The summed E-state index contributed by atoms with van der Waals surface area (Å²) in [5.41, 5.74) is 0.749. The monoisotopic (exact) mass is 244 g/mol. The molecule has 3 heteroatoms. The summed E-state index contributed by atoms with van der Waals surface area (Å²) >= 11 is 0. The molecule has 1 aromatic rings. The van der Waals surface area contributed by atoms with Crippen LogP contribution in [0.25, 0.3) is 0 Å². The number of hydrogen-bond acceptors (Lipinski definition) is 2. The van der Waals surface area contributed by atoms with Crippen LogP contribution in [0.4, 0.5) is 4.39 Å². The molecule has 18 heavy (non-hydrogen) atoms. The Balaban J connectivity index is 1.65. The number of rotatable bonds is 3. The second-order valence-corrected chi connectivity index (χ2v) is 5.55. The predicted molar refractivity (Wildman–Crippen MR) is 67.2 cm³/mol. The molecular weight excluding hydrogens is 227 g/mol. The Morgan fingerprint density at radius 3 is 2.89 bits per heavy atom. The van der Waals surface area contributed by atoms with Crippen molar-refractivity contribution in [2.75, 3.05) is 0 Å². The molecule has 2 saturated carbocycles. The molecule has 2 bridgehead atoms. The largest absolute Gasteiger partial charge is 0.310 e. The third-order valence-electron chi connectivity index (χ3n) is 4.49. The first kappa shape index (κ1) is 11.7. The van der Waals surface area contributed by atoms with Gasteiger partial charge in [0.2, 0.25) is 0 Å². The van der Waals surface area contributed by atoms with E-state index in [1.165, 1.54) is 31.7 Å². The maximum Gasteiger partial charge on any atom is 0.145 e. The number of hydrogen-bond donors (Lipinski definition) is 1. The number of nitrogens with one attached hydrogen (secondary N) is 1. The molecule has 2 aliphatic rings. The smallest absolute Gasteiger partial charge is 0.145 e. The summed E-state index contributed by atoms with van der Waals surface area (Å²) in [5, 5.41) is 12.3. The highest BCUT2D eigenvalue weighted by Crippen LogP contribution is 2.44. The first-order valence-electron chi connectivity index (χ1n) is 6.69. The summed E-state index contributed by atoms with van der Waals surface area (Å²) < 4.78 is 13.9. The van der Waals surface area contributed by atoms with E-state index in [1.54, 1.807) is 12.1 Å². The van der Waals surface area contributed by atoms with Gasteiger partial charge >= 0.3 is 0 Å². The van der Waals surface area contributed by atoms with Crippen LogP contribution in [0.5, 0.6) is 0 Å². The second-order valence-electron chi connectivity index (χ2n) is 5.55. The normalized spacial score (nSPS) is 29.4. The molecule has 0 aromatic heterocycles. The van der Waals surface area contributed by atoms with Crippen LogP contribution >= 0.6 is 0 Å². The van der Waals surface area contributed by atoms with Crippen molar-refractivity contribution >= 4 is 0 Å². The maximum absolute atomic E-state index is 13.9. The Labute approximate surface area is 107 Å². The van der Waals surface area contributed by atoms with Gasteiger partial charge in [-0.1, -0.05) is 18.6 Å². The van der Waals surface area contributed by atoms with E-state index in [1.807, 2.05) is 6.07 Å². The summed E-state index contributed by atoms with van der Waals surface area (Å²) in [6.45, 7) is 0.537. The number of fused-ring (bicyclic) bond motifs is 2. The summed E-state index contributed by atoms with van der Waals surface area (Å²) in [6, 6.07) is 7.47. The Morgan fingerprint density at radius 1 is 1.33 bits per heavy atom. The van der Waals surface area contributed by atoms with Gasteiger partial charge in [-0.15, -0.1) is 0 Å². The zero-order valence-electron chi connectivity index (χ0n) is 10.3. The van der Waals surface area contributed by atoms with E-state index in [9.17, 15) is 4.39 Å². The predicted octanol–water partition coefficient (Wildman–Crippen LogP) is 2.98. The van der Waals surface area contributed by atoms with Crippen molar-refractivity contribution in [1.82, 2.24) is 5.32 Å². The van der Waals surface area contributed by atoms with Crippen LogP contribution in [-0.4, -0.2) is 6.04 Å². The Hall–Kier alpha value is -1.40. The van der Waals surface area contributed by atoms with Crippen molar-refractivity contribution in [2.45, 2.75) is 38.3 Å². The van der Waals surface area contributed by atoms with Gasteiger partial charge in [-0.25, -0.2) is 4.39 Å². The van der Waals surface area contributed by atoms with Gasteiger partial charge in [-0.3, -0.25) is 0 Å². The summed E-state index contributed by atoms with van der Waals surface area (Å²) in [4.78, 5) is 0. The summed E-state index contributed by atoms with van der Waals surface area (Å²) in [5.74, 6) is 1.32. The lowest BCUT2D eigenvalue weighted by Crippen LogP contribution is -2.33. The average Bonchev–Trinajstić information content (AvgIpc) is 3.00. The van der Waals surface area contributed by atoms with E-state index in [0.717, 1.165) is 11.8 Å². The first-order valence-corrected chi connectivity index (χ1v) is 6.69. The van der Waals surface area contributed by atoms with Crippen molar-refractivity contribution in [1.29, 1.82) is 5.26 Å². The molecule has 94 valence electrons. The molecule has 2 aliphatic carbocycles. The van der Waals surface area contributed by atoms with Crippen LogP contribution in [0.1, 0.15) is 36.8 Å². The first-order chi connectivity index (χ1) is 8.78. The molecule has 0 heterocycles. The van der Waals surface area contributed by atoms with Gasteiger partial charge in [0, 0.05) is 18.2 Å². The number of nitrogens with zero attached hydrogens (tertiary/aromatic N) is 1. The van der Waals surface area contributed by atoms with E-state index in [2.05, 4.69) is 5.32 Å². The zero-order valence-corrected chi connectivity index (χ0v) is 10.3. The molecule has 3 unspecified atom stereocenters. The number of halogens is 1. The molecule has 0 spiro atoms. The van der Waals surface area contributed by atoms with Crippen LogP contribution < -0.4 is 5.32 Å². The van der Waals surface area contributed by atoms with Gasteiger partial charge in [0.05, 0.1) is 5.56 Å². The Morgan fingerprint density at radius 2 is 2.22 bits per heavy atom. The van der Waals surface area contributed by atoms with Gasteiger partial charge in [0.25, 0.3) is 0 Å². The van der Waals surface area contributed by atoms with Crippen LogP contribution in [0.3, 0.4) is 0 Å². The minimum absolute atomic E-state index is 0.141. The summed E-state index contributed by atoms with van der Waals surface area (Å²) in [6.07, 6.45) is 5.28. The fraction of sp³-hybridized carbons (Fsp3) is 0.533. The molecule has 1 aromatic carbocycles. The highest BCUT2D eigenvalue weighted by molar-refractivity contribution is 5.34. The molecule has 0 radical (unpaired) electrons. The Bertz CT molecular complexity index is 492. The Kier molecular flexibility index (Phi) is 3.05.